The summed E-state index contributed by atoms with van der Waals surface area (Å²) >= 11 is 3.44. The first-order chi connectivity index (χ1) is 7.13. The van der Waals surface area contributed by atoms with Crippen LogP contribution in [0.1, 0.15) is 25.5 Å². The highest BCUT2D eigenvalue weighted by molar-refractivity contribution is 9.10. The monoisotopic (exact) mass is 271 g/mol. The van der Waals surface area contributed by atoms with Crippen LogP contribution < -0.4 is 5.73 Å². The van der Waals surface area contributed by atoms with Gasteiger partial charge in [-0.05, 0) is 23.6 Å². The number of nitrogens with two attached hydrogens (primary N) is 1. The summed E-state index contributed by atoms with van der Waals surface area (Å²) in [6, 6.07) is 8.10. The zero-order valence-electron chi connectivity index (χ0n) is 9.24. The van der Waals surface area contributed by atoms with Crippen molar-refractivity contribution in [1.82, 2.24) is 0 Å². The number of rotatable bonds is 5. The first-order valence-corrected chi connectivity index (χ1v) is 6.00. The first-order valence-electron chi connectivity index (χ1n) is 5.20. The molecule has 1 aromatic carbocycles. The Kier molecular flexibility index (Phi) is 5.29. The second-order valence-corrected chi connectivity index (χ2v) is 4.92. The smallest absolute Gasteiger partial charge is 0.0947 e. The molecule has 2 nitrogen and oxygen atoms in total. The van der Waals surface area contributed by atoms with Crippen LogP contribution in [-0.4, -0.2) is 13.2 Å². The molecule has 0 aliphatic rings. The Hall–Kier alpha value is -0.380. The van der Waals surface area contributed by atoms with Gasteiger partial charge in [0.05, 0.1) is 6.10 Å². The van der Waals surface area contributed by atoms with E-state index < -0.39 is 0 Å². The molecule has 0 aromatic heterocycles. The molecule has 0 aliphatic carbocycles. The maximum absolute atomic E-state index is 5.75. The minimum absolute atomic E-state index is 0.00454. The highest BCUT2D eigenvalue weighted by Gasteiger charge is 2.10. The van der Waals surface area contributed by atoms with Gasteiger partial charge in [-0.15, -0.1) is 0 Å². The normalized spacial score (nSPS) is 13.1. The van der Waals surface area contributed by atoms with E-state index in [4.69, 9.17) is 10.5 Å². The fraction of sp³-hybridized carbons (Fsp3) is 0.500. The molecule has 0 aliphatic heterocycles. The van der Waals surface area contributed by atoms with Gasteiger partial charge in [-0.3, -0.25) is 0 Å². The van der Waals surface area contributed by atoms with Crippen LogP contribution in [0.25, 0.3) is 0 Å². The van der Waals surface area contributed by atoms with Crippen LogP contribution in [0.4, 0.5) is 0 Å². The molecule has 1 rings (SSSR count). The van der Waals surface area contributed by atoms with Crippen molar-refractivity contribution < 1.29 is 4.74 Å². The summed E-state index contributed by atoms with van der Waals surface area (Å²) in [6.45, 7) is 5.53. The molecule has 84 valence electrons. The van der Waals surface area contributed by atoms with Crippen LogP contribution in [0, 0.1) is 5.92 Å². The molecular weight excluding hydrogens is 254 g/mol. The summed E-state index contributed by atoms with van der Waals surface area (Å²) < 4.78 is 6.81. The summed E-state index contributed by atoms with van der Waals surface area (Å²) in [5, 5.41) is 0. The van der Waals surface area contributed by atoms with Gasteiger partial charge < -0.3 is 10.5 Å². The van der Waals surface area contributed by atoms with Gasteiger partial charge in [-0.2, -0.15) is 0 Å². The zero-order chi connectivity index (χ0) is 11.3. The lowest BCUT2D eigenvalue weighted by Gasteiger charge is -2.18. The maximum atomic E-state index is 5.75. The number of hydrogen-bond acceptors (Lipinski definition) is 2. The van der Waals surface area contributed by atoms with Crippen LogP contribution in [-0.2, 0) is 4.74 Å². The summed E-state index contributed by atoms with van der Waals surface area (Å²) in [6.07, 6.45) is 0.00454. The molecule has 1 aromatic rings. The van der Waals surface area contributed by atoms with E-state index in [1.165, 1.54) is 0 Å². The van der Waals surface area contributed by atoms with E-state index in [-0.39, 0.29) is 6.10 Å². The van der Waals surface area contributed by atoms with E-state index in [9.17, 15) is 0 Å². The Balaban J connectivity index is 2.65. The second kappa shape index (κ2) is 6.26. The van der Waals surface area contributed by atoms with Gasteiger partial charge in [-0.1, -0.05) is 41.9 Å². The van der Waals surface area contributed by atoms with Gasteiger partial charge in [0.1, 0.15) is 0 Å². The molecule has 0 spiro atoms. The number of hydrogen-bond donors (Lipinski definition) is 1. The molecule has 0 amide bonds. The van der Waals surface area contributed by atoms with Gasteiger partial charge in [0.15, 0.2) is 0 Å². The van der Waals surface area contributed by atoms with E-state index >= 15 is 0 Å². The summed E-state index contributed by atoms with van der Waals surface area (Å²) in [7, 11) is 0. The van der Waals surface area contributed by atoms with Crippen molar-refractivity contribution in [1.29, 1.82) is 0 Å². The maximum Gasteiger partial charge on any atom is 0.0947 e. The van der Waals surface area contributed by atoms with Crippen molar-refractivity contribution in [3.8, 4) is 0 Å². The molecule has 1 unspecified atom stereocenters. The molecule has 0 saturated heterocycles. The third-order valence-electron chi connectivity index (χ3n) is 2.07. The summed E-state index contributed by atoms with van der Waals surface area (Å²) in [4.78, 5) is 0. The first kappa shape index (κ1) is 12.7. The highest BCUT2D eigenvalue weighted by atomic mass is 79.9. The zero-order valence-corrected chi connectivity index (χ0v) is 10.8. The predicted molar refractivity (Wildman–Crippen MR) is 66.7 cm³/mol. The third kappa shape index (κ3) is 4.33. The van der Waals surface area contributed by atoms with Crippen molar-refractivity contribution in [2.75, 3.05) is 13.2 Å². The Labute approximate surface area is 99.9 Å². The average molecular weight is 272 g/mol. The van der Waals surface area contributed by atoms with E-state index in [1.54, 1.807) is 0 Å². The number of benzene rings is 1. The molecule has 1 atom stereocenters. The topological polar surface area (TPSA) is 35.2 Å². The van der Waals surface area contributed by atoms with Crippen molar-refractivity contribution in [3.63, 3.8) is 0 Å². The van der Waals surface area contributed by atoms with Crippen molar-refractivity contribution in [2.24, 2.45) is 11.7 Å². The van der Waals surface area contributed by atoms with Crippen LogP contribution in [0.5, 0.6) is 0 Å². The van der Waals surface area contributed by atoms with Gasteiger partial charge in [0.25, 0.3) is 0 Å². The van der Waals surface area contributed by atoms with Crippen molar-refractivity contribution in [2.45, 2.75) is 20.0 Å². The SMILES string of the molecule is CC(C)COC(CN)c1cccc(Br)c1. The second-order valence-electron chi connectivity index (χ2n) is 4.01. The lowest BCUT2D eigenvalue weighted by Crippen LogP contribution is -2.18. The van der Waals surface area contributed by atoms with Crippen molar-refractivity contribution >= 4 is 15.9 Å². The van der Waals surface area contributed by atoms with Crippen LogP contribution in [0.2, 0.25) is 0 Å². The van der Waals surface area contributed by atoms with Gasteiger partial charge >= 0.3 is 0 Å². The van der Waals surface area contributed by atoms with Crippen LogP contribution in [0.3, 0.4) is 0 Å². The average Bonchev–Trinajstić information content (AvgIpc) is 2.18. The third-order valence-corrected chi connectivity index (χ3v) is 2.56. The van der Waals surface area contributed by atoms with Gasteiger partial charge in [0.2, 0.25) is 0 Å². The summed E-state index contributed by atoms with van der Waals surface area (Å²) in [5.41, 5.74) is 6.83. The van der Waals surface area contributed by atoms with E-state index in [2.05, 4.69) is 35.8 Å². The van der Waals surface area contributed by atoms with E-state index in [1.807, 2.05) is 18.2 Å². The molecular formula is C12H18BrNO. The minimum atomic E-state index is 0.00454. The molecule has 15 heavy (non-hydrogen) atoms. The molecule has 0 heterocycles. The molecule has 0 radical (unpaired) electrons. The number of ether oxygens (including phenoxy) is 1. The molecule has 0 bridgehead atoms. The Morgan fingerprint density at radius 1 is 1.40 bits per heavy atom. The highest BCUT2D eigenvalue weighted by Crippen LogP contribution is 2.20. The fourth-order valence-electron chi connectivity index (χ4n) is 1.32. The minimum Gasteiger partial charge on any atom is -0.372 e. The molecule has 2 N–H and O–H groups in total. The van der Waals surface area contributed by atoms with Gasteiger partial charge in [0, 0.05) is 17.6 Å². The van der Waals surface area contributed by atoms with Crippen LogP contribution >= 0.6 is 15.9 Å². The largest absolute Gasteiger partial charge is 0.372 e. The molecule has 0 saturated carbocycles. The Morgan fingerprint density at radius 3 is 2.67 bits per heavy atom. The Bertz CT molecular complexity index is 301. The standard InChI is InChI=1S/C12H18BrNO/c1-9(2)8-15-12(7-14)10-4-3-5-11(13)6-10/h3-6,9,12H,7-8,14H2,1-2H3. The molecule has 0 fully saturated rings. The quantitative estimate of drug-likeness (QED) is 0.893. The lowest BCUT2D eigenvalue weighted by molar-refractivity contribution is 0.0405. The fourth-order valence-corrected chi connectivity index (χ4v) is 1.73. The van der Waals surface area contributed by atoms with Crippen LogP contribution in [0.15, 0.2) is 28.7 Å². The van der Waals surface area contributed by atoms with E-state index in [0.29, 0.717) is 12.5 Å². The van der Waals surface area contributed by atoms with Crippen molar-refractivity contribution in [3.05, 3.63) is 34.3 Å². The van der Waals surface area contributed by atoms with Gasteiger partial charge in [-0.25, -0.2) is 0 Å². The number of halogens is 1. The Morgan fingerprint density at radius 2 is 2.13 bits per heavy atom. The predicted octanol–water partition coefficient (Wildman–Crippen LogP) is 3.12. The van der Waals surface area contributed by atoms with E-state index in [0.717, 1.165) is 16.6 Å². The lowest BCUT2D eigenvalue weighted by atomic mass is 10.1. The molecule has 3 heteroatoms. The summed E-state index contributed by atoms with van der Waals surface area (Å²) in [5.74, 6) is 0.534.